The van der Waals surface area contributed by atoms with E-state index in [2.05, 4.69) is 32.8 Å². The van der Waals surface area contributed by atoms with Gasteiger partial charge in [-0.15, -0.1) is 0 Å². The van der Waals surface area contributed by atoms with Gasteiger partial charge in [0.15, 0.2) is 0 Å². The van der Waals surface area contributed by atoms with Gasteiger partial charge in [-0.25, -0.2) is 8.42 Å². The second-order valence-corrected chi connectivity index (χ2v) is 8.33. The largest absolute Gasteiger partial charge is 0.495 e. The summed E-state index contributed by atoms with van der Waals surface area (Å²) in [5.41, 5.74) is 2.82. The van der Waals surface area contributed by atoms with Crippen molar-refractivity contribution in [2.45, 2.75) is 11.3 Å². The molecule has 134 valence electrons. The molecular formula is C20H18BrNO3S. The Hall–Kier alpha value is -2.31. The number of hydrogen-bond acceptors (Lipinski definition) is 3. The van der Waals surface area contributed by atoms with Gasteiger partial charge in [0, 0.05) is 10.2 Å². The minimum atomic E-state index is -3.76. The summed E-state index contributed by atoms with van der Waals surface area (Å²) in [5, 5.41) is 0. The average Bonchev–Trinajstić information content (AvgIpc) is 2.64. The molecular weight excluding hydrogens is 414 g/mol. The molecule has 0 fully saturated rings. The van der Waals surface area contributed by atoms with Crippen LogP contribution in [0.5, 0.6) is 5.75 Å². The maximum absolute atomic E-state index is 12.7. The molecule has 0 saturated carbocycles. The summed E-state index contributed by atoms with van der Waals surface area (Å²) in [5.74, 6) is 0.293. The standard InChI is InChI=1S/C20H18BrNO3S/c1-25-19-12-9-17(21)14-20(19)26(23,24)22-18-10-7-16(8-11-18)13-15-5-3-2-4-6-15/h2-12,14,22H,13H2,1H3. The molecule has 0 aliphatic rings. The monoisotopic (exact) mass is 431 g/mol. The Balaban J connectivity index is 1.79. The molecule has 4 nitrogen and oxygen atoms in total. The van der Waals surface area contributed by atoms with Crippen LogP contribution >= 0.6 is 15.9 Å². The van der Waals surface area contributed by atoms with E-state index >= 15 is 0 Å². The molecule has 26 heavy (non-hydrogen) atoms. The summed E-state index contributed by atoms with van der Waals surface area (Å²) in [7, 11) is -2.31. The molecule has 1 N–H and O–H groups in total. The molecule has 0 saturated heterocycles. The highest BCUT2D eigenvalue weighted by Crippen LogP contribution is 2.29. The minimum Gasteiger partial charge on any atom is -0.495 e. The zero-order valence-electron chi connectivity index (χ0n) is 14.1. The highest BCUT2D eigenvalue weighted by atomic mass is 79.9. The Kier molecular flexibility index (Phi) is 5.64. The van der Waals surface area contributed by atoms with Crippen molar-refractivity contribution >= 4 is 31.6 Å². The highest BCUT2D eigenvalue weighted by Gasteiger charge is 2.20. The quantitative estimate of drug-likeness (QED) is 0.606. The van der Waals surface area contributed by atoms with Crippen LogP contribution in [-0.4, -0.2) is 15.5 Å². The van der Waals surface area contributed by atoms with E-state index in [-0.39, 0.29) is 4.90 Å². The Labute approximate surface area is 162 Å². The third-order valence-corrected chi connectivity index (χ3v) is 5.77. The maximum Gasteiger partial charge on any atom is 0.265 e. The second-order valence-electron chi connectivity index (χ2n) is 5.76. The van der Waals surface area contributed by atoms with Crippen LogP contribution in [-0.2, 0) is 16.4 Å². The van der Waals surface area contributed by atoms with Gasteiger partial charge >= 0.3 is 0 Å². The summed E-state index contributed by atoms with van der Waals surface area (Å²) in [4.78, 5) is 0.0859. The molecule has 0 spiro atoms. The zero-order valence-corrected chi connectivity index (χ0v) is 16.5. The molecule has 0 atom stereocenters. The third-order valence-electron chi connectivity index (χ3n) is 3.87. The van der Waals surface area contributed by atoms with Crippen LogP contribution in [0.4, 0.5) is 5.69 Å². The van der Waals surface area contributed by atoms with Crippen molar-refractivity contribution in [2.24, 2.45) is 0 Å². The Morgan fingerprint density at radius 3 is 2.23 bits per heavy atom. The molecule has 3 aromatic rings. The summed E-state index contributed by atoms with van der Waals surface area (Å²) >= 11 is 3.30. The van der Waals surface area contributed by atoms with E-state index in [0.717, 1.165) is 12.0 Å². The SMILES string of the molecule is COc1ccc(Br)cc1S(=O)(=O)Nc1ccc(Cc2ccccc2)cc1. The van der Waals surface area contributed by atoms with Gasteiger partial charge in [0.25, 0.3) is 10.0 Å². The van der Waals surface area contributed by atoms with Gasteiger partial charge in [-0.05, 0) is 47.9 Å². The number of sulfonamides is 1. The number of halogens is 1. The van der Waals surface area contributed by atoms with E-state index in [1.54, 1.807) is 24.3 Å². The number of nitrogens with one attached hydrogen (secondary N) is 1. The van der Waals surface area contributed by atoms with Gasteiger partial charge < -0.3 is 4.74 Å². The predicted octanol–water partition coefficient (Wildman–Crippen LogP) is 4.85. The van der Waals surface area contributed by atoms with Crippen LogP contribution in [0, 0.1) is 0 Å². The molecule has 3 rings (SSSR count). The van der Waals surface area contributed by atoms with Gasteiger partial charge in [0.05, 0.1) is 7.11 Å². The molecule has 0 radical (unpaired) electrons. The summed E-state index contributed by atoms with van der Waals surface area (Å²) in [6.07, 6.45) is 0.799. The van der Waals surface area contributed by atoms with Gasteiger partial charge in [0.2, 0.25) is 0 Å². The molecule has 0 aliphatic heterocycles. The molecule has 0 aromatic heterocycles. The molecule has 0 unspecified atom stereocenters. The van der Waals surface area contributed by atoms with Gasteiger partial charge in [-0.2, -0.15) is 0 Å². The van der Waals surface area contributed by atoms with Gasteiger partial charge in [0.1, 0.15) is 10.6 Å². The van der Waals surface area contributed by atoms with E-state index in [4.69, 9.17) is 4.74 Å². The highest BCUT2D eigenvalue weighted by molar-refractivity contribution is 9.10. The summed E-state index contributed by atoms with van der Waals surface area (Å²) < 4.78 is 33.8. The zero-order chi connectivity index (χ0) is 18.6. The van der Waals surface area contributed by atoms with Crippen LogP contribution < -0.4 is 9.46 Å². The lowest BCUT2D eigenvalue weighted by Crippen LogP contribution is -2.14. The van der Waals surface area contributed by atoms with Gasteiger partial charge in [-0.3, -0.25) is 4.72 Å². The summed E-state index contributed by atoms with van der Waals surface area (Å²) in [6.45, 7) is 0. The van der Waals surface area contributed by atoms with Crippen LogP contribution in [0.1, 0.15) is 11.1 Å². The van der Waals surface area contributed by atoms with E-state index in [0.29, 0.717) is 15.9 Å². The molecule has 6 heteroatoms. The lowest BCUT2D eigenvalue weighted by Gasteiger charge is -2.12. The van der Waals surface area contributed by atoms with Crippen molar-refractivity contribution in [3.8, 4) is 5.75 Å². The van der Waals surface area contributed by atoms with Crippen molar-refractivity contribution in [2.75, 3.05) is 11.8 Å². The lowest BCUT2D eigenvalue weighted by atomic mass is 10.1. The van der Waals surface area contributed by atoms with Gasteiger partial charge in [-0.1, -0.05) is 58.4 Å². The normalized spacial score (nSPS) is 11.2. The van der Waals surface area contributed by atoms with Crippen LogP contribution in [0.2, 0.25) is 0 Å². The Bertz CT molecular complexity index is 987. The van der Waals surface area contributed by atoms with Crippen molar-refractivity contribution in [3.05, 3.63) is 88.4 Å². The molecule has 0 amide bonds. The topological polar surface area (TPSA) is 55.4 Å². The fourth-order valence-electron chi connectivity index (χ4n) is 2.59. The van der Waals surface area contributed by atoms with Crippen LogP contribution in [0.15, 0.2) is 82.2 Å². The average molecular weight is 432 g/mol. The van der Waals surface area contributed by atoms with Crippen molar-refractivity contribution in [1.82, 2.24) is 0 Å². The molecule has 0 aliphatic carbocycles. The fourth-order valence-corrected chi connectivity index (χ4v) is 4.36. The number of anilines is 1. The van der Waals surface area contributed by atoms with E-state index in [9.17, 15) is 8.42 Å². The first kappa shape index (κ1) is 18.5. The molecule has 3 aromatic carbocycles. The number of rotatable bonds is 6. The smallest absolute Gasteiger partial charge is 0.265 e. The number of ether oxygens (including phenoxy) is 1. The first-order chi connectivity index (χ1) is 12.5. The molecule has 0 bridgehead atoms. The van der Waals surface area contributed by atoms with Crippen molar-refractivity contribution < 1.29 is 13.2 Å². The second kappa shape index (κ2) is 7.93. The predicted molar refractivity (Wildman–Crippen MR) is 107 cm³/mol. The Morgan fingerprint density at radius 1 is 0.923 bits per heavy atom. The summed E-state index contributed by atoms with van der Waals surface area (Å²) in [6, 6.07) is 22.4. The fraction of sp³-hybridized carbons (Fsp3) is 0.100. The first-order valence-corrected chi connectivity index (χ1v) is 10.2. The van der Waals surface area contributed by atoms with Crippen molar-refractivity contribution in [1.29, 1.82) is 0 Å². The minimum absolute atomic E-state index is 0.0859. The lowest BCUT2D eigenvalue weighted by molar-refractivity contribution is 0.403. The number of methoxy groups -OCH3 is 1. The number of benzene rings is 3. The van der Waals surface area contributed by atoms with Crippen molar-refractivity contribution in [3.63, 3.8) is 0 Å². The van der Waals surface area contributed by atoms with Crippen LogP contribution in [0.3, 0.4) is 0 Å². The molecule has 0 heterocycles. The van der Waals surface area contributed by atoms with Crippen LogP contribution in [0.25, 0.3) is 0 Å². The van der Waals surface area contributed by atoms with E-state index in [1.165, 1.54) is 18.7 Å². The maximum atomic E-state index is 12.7. The van der Waals surface area contributed by atoms with E-state index < -0.39 is 10.0 Å². The Morgan fingerprint density at radius 2 is 1.58 bits per heavy atom. The van der Waals surface area contributed by atoms with E-state index in [1.807, 2.05) is 30.3 Å². The first-order valence-electron chi connectivity index (χ1n) is 7.97. The number of hydrogen-bond donors (Lipinski definition) is 1. The third kappa shape index (κ3) is 4.45.